The molecule has 1 atom stereocenters. The van der Waals surface area contributed by atoms with Gasteiger partial charge in [-0.2, -0.15) is 0 Å². The first-order valence-corrected chi connectivity index (χ1v) is 10.6. The van der Waals surface area contributed by atoms with E-state index in [9.17, 15) is 9.59 Å². The van der Waals surface area contributed by atoms with Gasteiger partial charge in [0, 0.05) is 37.2 Å². The van der Waals surface area contributed by atoms with Crippen molar-refractivity contribution in [1.82, 2.24) is 9.80 Å². The number of nitrogens with zero attached hydrogens (tertiary/aromatic N) is 2. The zero-order valence-corrected chi connectivity index (χ0v) is 18.4. The van der Waals surface area contributed by atoms with Gasteiger partial charge in [0.25, 0.3) is 0 Å². The molecule has 2 saturated heterocycles. The summed E-state index contributed by atoms with van der Waals surface area (Å²) in [4.78, 5) is 30.3. The second-order valence-corrected chi connectivity index (χ2v) is 8.98. The van der Waals surface area contributed by atoms with Gasteiger partial charge in [-0.25, -0.2) is 0 Å². The normalized spacial score (nSPS) is 22.3. The molecule has 1 aromatic carbocycles. The Morgan fingerprint density at radius 2 is 1.93 bits per heavy atom. The summed E-state index contributed by atoms with van der Waals surface area (Å²) < 4.78 is 10.9. The first-order valence-electron chi connectivity index (χ1n) is 10.6. The van der Waals surface area contributed by atoms with Crippen molar-refractivity contribution in [3.8, 4) is 11.5 Å². The molecule has 160 valence electrons. The first kappa shape index (κ1) is 21.5. The number of carbonyl (C=O) groups is 2. The highest BCUT2D eigenvalue weighted by molar-refractivity contribution is 5.87. The lowest BCUT2D eigenvalue weighted by molar-refractivity contribution is -0.147. The van der Waals surface area contributed by atoms with Crippen LogP contribution in [0.2, 0.25) is 0 Å². The molecule has 0 aromatic heterocycles. The maximum atomic E-state index is 13.5. The predicted molar refractivity (Wildman–Crippen MR) is 112 cm³/mol. The molecule has 3 rings (SSSR count). The Balaban J connectivity index is 1.77. The quantitative estimate of drug-likeness (QED) is 0.731. The minimum absolute atomic E-state index is 0.163. The van der Waals surface area contributed by atoms with Crippen molar-refractivity contribution in [2.24, 2.45) is 10.8 Å². The average Bonchev–Trinajstić information content (AvgIpc) is 3.15. The molecule has 0 unspecified atom stereocenters. The number of para-hydroxylation sites is 1. The molecular formula is C23H34N2O4. The molecule has 6 heteroatoms. The molecule has 1 aromatic rings. The molecule has 2 amide bonds. The number of hydrogen-bond acceptors (Lipinski definition) is 4. The van der Waals surface area contributed by atoms with Crippen molar-refractivity contribution in [1.29, 1.82) is 0 Å². The standard InChI is InChI=1S/C23H34N2O4/c1-6-22(2,3)20(26)25-14-12-23(16-25)11-8-13-24(21(23)27)15-17-9-7-10-18(28-4)19(17)29-5/h7,9-10H,6,8,11-16H2,1-5H3/t23-/m0/s1. The fraction of sp³-hybridized carbons (Fsp3) is 0.652. The van der Waals surface area contributed by atoms with E-state index in [2.05, 4.69) is 0 Å². The molecule has 2 aliphatic heterocycles. The molecule has 1 spiro atoms. The fourth-order valence-corrected chi connectivity index (χ4v) is 4.59. The largest absolute Gasteiger partial charge is 0.493 e. The molecule has 0 saturated carbocycles. The van der Waals surface area contributed by atoms with Crippen LogP contribution in [0.5, 0.6) is 11.5 Å². The van der Waals surface area contributed by atoms with Crippen LogP contribution in [0.1, 0.15) is 52.0 Å². The number of amides is 2. The summed E-state index contributed by atoms with van der Waals surface area (Å²) in [6.45, 7) is 8.46. The van der Waals surface area contributed by atoms with Gasteiger partial charge in [0.2, 0.25) is 11.8 Å². The van der Waals surface area contributed by atoms with Gasteiger partial charge < -0.3 is 19.3 Å². The third-order valence-corrected chi connectivity index (χ3v) is 6.77. The van der Waals surface area contributed by atoms with Crippen molar-refractivity contribution in [3.63, 3.8) is 0 Å². The van der Waals surface area contributed by atoms with Crippen LogP contribution < -0.4 is 9.47 Å². The van der Waals surface area contributed by atoms with Gasteiger partial charge in [0.1, 0.15) is 0 Å². The van der Waals surface area contributed by atoms with E-state index in [4.69, 9.17) is 9.47 Å². The summed E-state index contributed by atoms with van der Waals surface area (Å²) in [5.74, 6) is 1.67. The molecular weight excluding hydrogens is 368 g/mol. The van der Waals surface area contributed by atoms with Gasteiger partial charge in [-0.05, 0) is 31.7 Å². The molecule has 2 aliphatic rings. The molecule has 0 bridgehead atoms. The molecule has 29 heavy (non-hydrogen) atoms. The summed E-state index contributed by atoms with van der Waals surface area (Å²) in [7, 11) is 3.24. The van der Waals surface area contributed by atoms with E-state index in [1.165, 1.54) is 0 Å². The van der Waals surface area contributed by atoms with Crippen molar-refractivity contribution >= 4 is 11.8 Å². The van der Waals surface area contributed by atoms with Crippen molar-refractivity contribution in [2.45, 2.75) is 53.0 Å². The Morgan fingerprint density at radius 3 is 2.59 bits per heavy atom. The van der Waals surface area contributed by atoms with Crippen LogP contribution in [-0.4, -0.2) is 55.5 Å². The van der Waals surface area contributed by atoms with E-state index in [0.29, 0.717) is 31.1 Å². The summed E-state index contributed by atoms with van der Waals surface area (Å²) in [5, 5.41) is 0. The van der Waals surface area contributed by atoms with Crippen molar-refractivity contribution in [2.75, 3.05) is 33.9 Å². The molecule has 0 aliphatic carbocycles. The van der Waals surface area contributed by atoms with Gasteiger partial charge in [0.05, 0.1) is 19.6 Å². The number of carbonyl (C=O) groups excluding carboxylic acids is 2. The van der Waals surface area contributed by atoms with E-state index in [1.54, 1.807) is 14.2 Å². The second kappa shape index (κ2) is 8.25. The maximum Gasteiger partial charge on any atom is 0.230 e. The first-order chi connectivity index (χ1) is 13.8. The Kier molecular flexibility index (Phi) is 6.11. The average molecular weight is 403 g/mol. The van der Waals surface area contributed by atoms with Crippen LogP contribution in [0.4, 0.5) is 0 Å². The minimum atomic E-state index is -0.441. The SMILES string of the molecule is CCC(C)(C)C(=O)N1CC[C@@]2(CCCN(Cc3cccc(OC)c3OC)C2=O)C1. The van der Waals surface area contributed by atoms with Crippen LogP contribution >= 0.6 is 0 Å². The number of methoxy groups -OCH3 is 2. The molecule has 0 radical (unpaired) electrons. The number of rotatable bonds is 6. The molecule has 6 nitrogen and oxygen atoms in total. The van der Waals surface area contributed by atoms with Crippen molar-refractivity contribution < 1.29 is 19.1 Å². The number of benzene rings is 1. The Labute approximate surface area is 174 Å². The highest BCUT2D eigenvalue weighted by atomic mass is 16.5. The summed E-state index contributed by atoms with van der Waals surface area (Å²) in [5.41, 5.74) is 0.121. The van der Waals surface area contributed by atoms with E-state index in [1.807, 2.05) is 48.8 Å². The van der Waals surface area contributed by atoms with E-state index in [-0.39, 0.29) is 17.2 Å². The summed E-state index contributed by atoms with van der Waals surface area (Å²) >= 11 is 0. The Bertz CT molecular complexity index is 776. The molecule has 2 fully saturated rings. The van der Waals surface area contributed by atoms with Gasteiger partial charge in [-0.3, -0.25) is 9.59 Å². The lowest BCUT2D eigenvalue weighted by Gasteiger charge is -2.40. The Morgan fingerprint density at radius 1 is 1.17 bits per heavy atom. The molecule has 2 heterocycles. The number of hydrogen-bond donors (Lipinski definition) is 0. The summed E-state index contributed by atoms with van der Waals surface area (Å²) in [6.07, 6.45) is 3.36. The van der Waals surface area contributed by atoms with Crippen molar-refractivity contribution in [3.05, 3.63) is 23.8 Å². The van der Waals surface area contributed by atoms with E-state index < -0.39 is 5.41 Å². The van der Waals surface area contributed by atoms with Gasteiger partial charge >= 0.3 is 0 Å². The summed E-state index contributed by atoms with van der Waals surface area (Å²) in [6, 6.07) is 5.76. The molecule has 0 N–H and O–H groups in total. The fourth-order valence-electron chi connectivity index (χ4n) is 4.59. The Hall–Kier alpha value is -2.24. The topological polar surface area (TPSA) is 59.1 Å². The zero-order valence-electron chi connectivity index (χ0n) is 18.4. The third-order valence-electron chi connectivity index (χ3n) is 6.77. The van der Waals surface area contributed by atoms with E-state index >= 15 is 0 Å². The highest BCUT2D eigenvalue weighted by Crippen LogP contribution is 2.42. The predicted octanol–water partition coefficient (Wildman–Crippen LogP) is 3.48. The van der Waals surface area contributed by atoms with Gasteiger partial charge in [-0.1, -0.05) is 32.9 Å². The van der Waals surface area contributed by atoms with Gasteiger partial charge in [0.15, 0.2) is 11.5 Å². The van der Waals surface area contributed by atoms with Gasteiger partial charge in [-0.15, -0.1) is 0 Å². The minimum Gasteiger partial charge on any atom is -0.493 e. The lowest BCUT2D eigenvalue weighted by atomic mass is 9.78. The van der Waals surface area contributed by atoms with E-state index in [0.717, 1.165) is 37.8 Å². The van der Waals surface area contributed by atoms with Crippen LogP contribution in [0.25, 0.3) is 0 Å². The maximum absolute atomic E-state index is 13.5. The monoisotopic (exact) mass is 402 g/mol. The number of piperidine rings is 1. The van der Waals surface area contributed by atoms with Crippen LogP contribution in [0, 0.1) is 10.8 Å². The van der Waals surface area contributed by atoms with Crippen LogP contribution in [-0.2, 0) is 16.1 Å². The van der Waals surface area contributed by atoms with Crippen LogP contribution in [0.3, 0.4) is 0 Å². The third kappa shape index (κ3) is 3.94. The smallest absolute Gasteiger partial charge is 0.230 e. The van der Waals surface area contributed by atoms with Crippen LogP contribution in [0.15, 0.2) is 18.2 Å². The number of likely N-dealkylation sites (tertiary alicyclic amines) is 2. The zero-order chi connectivity index (χ0) is 21.2. The lowest BCUT2D eigenvalue weighted by Crippen LogP contribution is -2.50. The number of ether oxygens (including phenoxy) is 2. The highest BCUT2D eigenvalue weighted by Gasteiger charge is 2.50. The second-order valence-electron chi connectivity index (χ2n) is 8.98.